The maximum absolute atomic E-state index is 5.43. The van der Waals surface area contributed by atoms with Gasteiger partial charge in [0, 0.05) is 60.0 Å². The first kappa shape index (κ1) is 20.0. The van der Waals surface area contributed by atoms with Crippen LogP contribution in [0.2, 0.25) is 0 Å². The monoisotopic (exact) mass is 433 g/mol. The Morgan fingerprint density at radius 1 is 1.39 bits per heavy atom. The molecular formula is C16H28IN5O. The van der Waals surface area contributed by atoms with Crippen LogP contribution in [0.5, 0.6) is 0 Å². The molecule has 0 amide bonds. The first-order valence-corrected chi connectivity index (χ1v) is 7.72. The molecule has 130 valence electrons. The lowest BCUT2D eigenvalue weighted by molar-refractivity contribution is 0.181. The molecule has 0 spiro atoms. The van der Waals surface area contributed by atoms with E-state index in [4.69, 9.17) is 4.74 Å². The molecule has 23 heavy (non-hydrogen) atoms. The third kappa shape index (κ3) is 6.14. The molecule has 2 rings (SSSR count). The quantitative estimate of drug-likeness (QED) is 0.436. The molecule has 1 aliphatic rings. The van der Waals surface area contributed by atoms with Gasteiger partial charge in [-0.3, -0.25) is 4.99 Å². The number of anilines is 1. The summed E-state index contributed by atoms with van der Waals surface area (Å²) >= 11 is 0. The molecule has 0 saturated carbocycles. The SMILES string of the molecule is CN=C(NCc1ccc(N(C)C)nc1)N(C)CC1CCOC1.I. The van der Waals surface area contributed by atoms with Gasteiger partial charge in [-0.25, -0.2) is 4.98 Å². The molecule has 1 fully saturated rings. The first-order valence-electron chi connectivity index (χ1n) is 7.72. The molecule has 0 radical (unpaired) electrons. The van der Waals surface area contributed by atoms with Gasteiger partial charge in [0.2, 0.25) is 0 Å². The summed E-state index contributed by atoms with van der Waals surface area (Å²) in [5, 5.41) is 3.39. The van der Waals surface area contributed by atoms with Crippen LogP contribution in [0.3, 0.4) is 0 Å². The van der Waals surface area contributed by atoms with Crippen LogP contribution in [0.4, 0.5) is 5.82 Å². The Kier molecular flexibility index (Phi) is 8.60. The molecule has 7 heteroatoms. The molecule has 0 aliphatic carbocycles. The molecule has 1 aliphatic heterocycles. The molecule has 1 aromatic heterocycles. The number of pyridine rings is 1. The lowest BCUT2D eigenvalue weighted by atomic mass is 10.1. The highest BCUT2D eigenvalue weighted by Gasteiger charge is 2.18. The second kappa shape index (κ2) is 9.92. The van der Waals surface area contributed by atoms with E-state index in [1.54, 1.807) is 0 Å². The van der Waals surface area contributed by atoms with Crippen molar-refractivity contribution >= 4 is 35.8 Å². The van der Waals surface area contributed by atoms with E-state index in [-0.39, 0.29) is 24.0 Å². The van der Waals surface area contributed by atoms with Gasteiger partial charge in [0.1, 0.15) is 5.82 Å². The topological polar surface area (TPSA) is 53.0 Å². The summed E-state index contributed by atoms with van der Waals surface area (Å²) in [6.45, 7) is 3.43. The number of nitrogens with one attached hydrogen (secondary N) is 1. The predicted octanol–water partition coefficient (Wildman–Crippen LogP) is 1.81. The normalized spacial score (nSPS) is 17.6. The van der Waals surface area contributed by atoms with E-state index in [1.165, 1.54) is 0 Å². The molecule has 1 saturated heterocycles. The van der Waals surface area contributed by atoms with Crippen molar-refractivity contribution in [2.45, 2.75) is 13.0 Å². The second-order valence-electron chi connectivity index (χ2n) is 5.93. The van der Waals surface area contributed by atoms with E-state index < -0.39 is 0 Å². The predicted molar refractivity (Wildman–Crippen MR) is 106 cm³/mol. The molecule has 0 bridgehead atoms. The number of aromatic nitrogens is 1. The van der Waals surface area contributed by atoms with Gasteiger partial charge in [0.25, 0.3) is 0 Å². The molecular weight excluding hydrogens is 405 g/mol. The molecule has 2 heterocycles. The van der Waals surface area contributed by atoms with Gasteiger partial charge in [0.05, 0.1) is 6.61 Å². The van der Waals surface area contributed by atoms with E-state index in [2.05, 4.69) is 33.3 Å². The van der Waals surface area contributed by atoms with E-state index in [9.17, 15) is 0 Å². The number of hydrogen-bond donors (Lipinski definition) is 1. The van der Waals surface area contributed by atoms with Crippen molar-refractivity contribution in [1.29, 1.82) is 0 Å². The third-order valence-corrected chi connectivity index (χ3v) is 3.85. The third-order valence-electron chi connectivity index (χ3n) is 3.85. The van der Waals surface area contributed by atoms with Crippen molar-refractivity contribution in [2.24, 2.45) is 10.9 Å². The summed E-state index contributed by atoms with van der Waals surface area (Å²) in [6, 6.07) is 4.12. The molecule has 6 nitrogen and oxygen atoms in total. The van der Waals surface area contributed by atoms with Crippen molar-refractivity contribution in [3.63, 3.8) is 0 Å². The highest BCUT2D eigenvalue weighted by atomic mass is 127. The summed E-state index contributed by atoms with van der Waals surface area (Å²) in [7, 11) is 7.87. The standard InChI is InChI=1S/C16H27N5O.HI/c1-17-16(21(4)11-14-7-8-22-12-14)19-10-13-5-6-15(18-9-13)20(2)3;/h5-6,9,14H,7-8,10-12H2,1-4H3,(H,17,19);1H. The zero-order valence-electron chi connectivity index (χ0n) is 14.5. The number of guanidine groups is 1. The van der Waals surface area contributed by atoms with Crippen LogP contribution in [0.25, 0.3) is 0 Å². The summed E-state index contributed by atoms with van der Waals surface area (Å²) < 4.78 is 5.43. The van der Waals surface area contributed by atoms with Crippen molar-refractivity contribution in [3.05, 3.63) is 23.9 Å². The lowest BCUT2D eigenvalue weighted by Crippen LogP contribution is -2.41. The summed E-state index contributed by atoms with van der Waals surface area (Å²) in [5.74, 6) is 2.47. The Balaban J connectivity index is 0.00000264. The molecule has 1 unspecified atom stereocenters. The Hall–Kier alpha value is -1.09. The number of aliphatic imine (C=N–C) groups is 1. The highest BCUT2D eigenvalue weighted by molar-refractivity contribution is 14.0. The van der Waals surface area contributed by atoms with Crippen LogP contribution in [-0.2, 0) is 11.3 Å². The maximum Gasteiger partial charge on any atom is 0.193 e. The largest absolute Gasteiger partial charge is 0.381 e. The van der Waals surface area contributed by atoms with E-state index in [0.717, 1.165) is 50.1 Å². The van der Waals surface area contributed by atoms with Gasteiger partial charge in [-0.15, -0.1) is 24.0 Å². The average molecular weight is 433 g/mol. The summed E-state index contributed by atoms with van der Waals surface area (Å²) in [5.41, 5.74) is 1.14. The van der Waals surface area contributed by atoms with Crippen LogP contribution in [0, 0.1) is 5.92 Å². The maximum atomic E-state index is 5.43. The average Bonchev–Trinajstić information content (AvgIpc) is 3.01. The van der Waals surface area contributed by atoms with Gasteiger partial charge in [-0.05, 0) is 18.1 Å². The van der Waals surface area contributed by atoms with Crippen molar-refractivity contribution in [2.75, 3.05) is 52.8 Å². The van der Waals surface area contributed by atoms with Crippen LogP contribution in [0.15, 0.2) is 23.3 Å². The molecule has 1 N–H and O–H groups in total. The smallest absolute Gasteiger partial charge is 0.193 e. The lowest BCUT2D eigenvalue weighted by Gasteiger charge is -2.24. The fourth-order valence-corrected chi connectivity index (χ4v) is 2.55. The van der Waals surface area contributed by atoms with E-state index in [0.29, 0.717) is 5.92 Å². The van der Waals surface area contributed by atoms with Crippen molar-refractivity contribution < 1.29 is 4.74 Å². The number of rotatable bonds is 5. The van der Waals surface area contributed by atoms with E-state index >= 15 is 0 Å². The molecule has 1 aromatic rings. The minimum atomic E-state index is 0. The number of halogens is 1. The van der Waals surface area contributed by atoms with Crippen LogP contribution in [0.1, 0.15) is 12.0 Å². The van der Waals surface area contributed by atoms with Crippen molar-refractivity contribution in [1.82, 2.24) is 15.2 Å². The first-order chi connectivity index (χ1) is 10.6. The molecule has 1 atom stereocenters. The number of nitrogens with zero attached hydrogens (tertiary/aromatic N) is 4. The summed E-state index contributed by atoms with van der Waals surface area (Å²) in [4.78, 5) is 12.9. The zero-order valence-corrected chi connectivity index (χ0v) is 16.8. The summed E-state index contributed by atoms with van der Waals surface area (Å²) in [6.07, 6.45) is 3.04. The van der Waals surface area contributed by atoms with Gasteiger partial charge in [-0.2, -0.15) is 0 Å². The zero-order chi connectivity index (χ0) is 15.9. The van der Waals surface area contributed by atoms with Crippen LogP contribution in [-0.4, -0.2) is 63.8 Å². The molecule has 0 aromatic carbocycles. The Morgan fingerprint density at radius 2 is 2.17 bits per heavy atom. The van der Waals surface area contributed by atoms with Crippen molar-refractivity contribution in [3.8, 4) is 0 Å². The fourth-order valence-electron chi connectivity index (χ4n) is 2.55. The van der Waals surface area contributed by atoms with Gasteiger partial charge < -0.3 is 19.9 Å². The number of ether oxygens (including phenoxy) is 1. The Morgan fingerprint density at radius 3 is 2.70 bits per heavy atom. The number of hydrogen-bond acceptors (Lipinski definition) is 4. The van der Waals surface area contributed by atoms with Crippen LogP contribution >= 0.6 is 24.0 Å². The highest BCUT2D eigenvalue weighted by Crippen LogP contribution is 2.13. The van der Waals surface area contributed by atoms with E-state index in [1.807, 2.05) is 38.3 Å². The van der Waals surface area contributed by atoms with Gasteiger partial charge in [-0.1, -0.05) is 6.07 Å². The van der Waals surface area contributed by atoms with Crippen LogP contribution < -0.4 is 10.2 Å². The fraction of sp³-hybridized carbons (Fsp3) is 0.625. The minimum absolute atomic E-state index is 0. The second-order valence-corrected chi connectivity index (χ2v) is 5.93. The van der Waals surface area contributed by atoms with Gasteiger partial charge in [0.15, 0.2) is 5.96 Å². The Labute approximate surface area is 156 Å². The van der Waals surface area contributed by atoms with Gasteiger partial charge >= 0.3 is 0 Å². The minimum Gasteiger partial charge on any atom is -0.381 e. The Bertz CT molecular complexity index is 486.